The number of nitrogens with zero attached hydrogens (tertiary/aromatic N) is 1. The summed E-state index contributed by atoms with van der Waals surface area (Å²) in [7, 11) is 0. The van der Waals surface area contributed by atoms with Crippen molar-refractivity contribution < 1.29 is 4.79 Å². The minimum atomic E-state index is -0.983. The molecule has 1 amide bonds. The zero-order chi connectivity index (χ0) is 12.2. The van der Waals surface area contributed by atoms with Crippen LogP contribution >= 0.6 is 0 Å². The zero-order valence-electron chi connectivity index (χ0n) is 9.82. The van der Waals surface area contributed by atoms with E-state index in [-0.39, 0.29) is 11.9 Å². The number of hydrogen-bond acceptors (Lipinski definition) is 2. The van der Waals surface area contributed by atoms with Gasteiger partial charge in [0.05, 0.1) is 12.1 Å². The molecule has 0 saturated carbocycles. The quantitative estimate of drug-likeness (QED) is 0.843. The van der Waals surface area contributed by atoms with E-state index >= 15 is 0 Å². The van der Waals surface area contributed by atoms with Crippen LogP contribution in [0.3, 0.4) is 0 Å². The maximum absolute atomic E-state index is 11.7. The van der Waals surface area contributed by atoms with E-state index in [1.165, 1.54) is 0 Å². The molecule has 0 aliphatic heterocycles. The number of amides is 1. The first-order valence-corrected chi connectivity index (χ1v) is 5.24. The summed E-state index contributed by atoms with van der Waals surface area (Å²) in [6.45, 7) is 5.13. The van der Waals surface area contributed by atoms with Gasteiger partial charge in [-0.1, -0.05) is 30.3 Å². The summed E-state index contributed by atoms with van der Waals surface area (Å²) in [4.78, 5) is 11.7. The van der Waals surface area contributed by atoms with Crippen LogP contribution in [0.15, 0.2) is 30.3 Å². The fraction of sp³-hybridized carbons (Fsp3) is 0.385. The predicted molar refractivity (Wildman–Crippen MR) is 62.4 cm³/mol. The molecule has 84 valence electrons. The summed E-state index contributed by atoms with van der Waals surface area (Å²) in [6.07, 6.45) is 0. The molecule has 3 heteroatoms. The van der Waals surface area contributed by atoms with Crippen molar-refractivity contribution in [2.75, 3.05) is 0 Å². The summed E-state index contributed by atoms with van der Waals surface area (Å²) >= 11 is 0. The molecule has 0 fully saturated rings. The first-order valence-electron chi connectivity index (χ1n) is 5.24. The van der Waals surface area contributed by atoms with Crippen LogP contribution in [0, 0.1) is 16.7 Å². The summed E-state index contributed by atoms with van der Waals surface area (Å²) in [5, 5.41) is 11.7. The molecule has 0 aliphatic carbocycles. The zero-order valence-corrected chi connectivity index (χ0v) is 9.82. The smallest absolute Gasteiger partial charge is 0.240 e. The number of nitrogens with one attached hydrogen (secondary N) is 1. The minimum Gasteiger partial charge on any atom is -0.348 e. The lowest BCUT2D eigenvalue weighted by atomic mass is 9.94. The van der Waals surface area contributed by atoms with Crippen LogP contribution < -0.4 is 5.32 Å². The van der Waals surface area contributed by atoms with E-state index in [2.05, 4.69) is 5.32 Å². The lowest BCUT2D eigenvalue weighted by Crippen LogP contribution is -2.37. The van der Waals surface area contributed by atoms with Crippen molar-refractivity contribution in [1.82, 2.24) is 5.32 Å². The fourth-order valence-corrected chi connectivity index (χ4v) is 1.25. The van der Waals surface area contributed by atoms with Crippen molar-refractivity contribution >= 4 is 5.91 Å². The van der Waals surface area contributed by atoms with E-state index in [0.29, 0.717) is 0 Å². The Morgan fingerprint density at radius 3 is 2.44 bits per heavy atom. The second-order valence-corrected chi connectivity index (χ2v) is 4.34. The van der Waals surface area contributed by atoms with Crippen LogP contribution in [0.2, 0.25) is 0 Å². The average molecular weight is 216 g/mol. The van der Waals surface area contributed by atoms with Crippen molar-refractivity contribution in [3.8, 4) is 6.07 Å². The summed E-state index contributed by atoms with van der Waals surface area (Å²) in [5.74, 6) is -0.244. The Balaban J connectivity index is 2.70. The molecule has 1 unspecified atom stereocenters. The van der Waals surface area contributed by atoms with E-state index in [1.807, 2.05) is 43.3 Å². The summed E-state index contributed by atoms with van der Waals surface area (Å²) in [5.41, 5.74) is 0.0489. The monoisotopic (exact) mass is 216 g/mol. The van der Waals surface area contributed by atoms with Crippen LogP contribution in [-0.2, 0) is 4.79 Å². The number of rotatable bonds is 3. The predicted octanol–water partition coefficient (Wildman–Crippen LogP) is 2.41. The van der Waals surface area contributed by atoms with Gasteiger partial charge in [-0.3, -0.25) is 4.79 Å². The van der Waals surface area contributed by atoms with E-state index in [4.69, 9.17) is 5.26 Å². The molecule has 1 N–H and O–H groups in total. The van der Waals surface area contributed by atoms with Gasteiger partial charge < -0.3 is 5.32 Å². The van der Waals surface area contributed by atoms with Gasteiger partial charge in [0.1, 0.15) is 5.41 Å². The van der Waals surface area contributed by atoms with Crippen LogP contribution in [0.1, 0.15) is 32.4 Å². The van der Waals surface area contributed by atoms with Crippen LogP contribution in [0.4, 0.5) is 0 Å². The molecule has 1 aromatic rings. The lowest BCUT2D eigenvalue weighted by molar-refractivity contribution is -0.127. The highest BCUT2D eigenvalue weighted by atomic mass is 16.2. The molecule has 1 rings (SSSR count). The largest absolute Gasteiger partial charge is 0.348 e. The van der Waals surface area contributed by atoms with Gasteiger partial charge >= 0.3 is 0 Å². The number of hydrogen-bond donors (Lipinski definition) is 1. The van der Waals surface area contributed by atoms with Crippen molar-refractivity contribution in [3.63, 3.8) is 0 Å². The van der Waals surface area contributed by atoms with Crippen molar-refractivity contribution in [1.29, 1.82) is 5.26 Å². The molecule has 1 atom stereocenters. The Labute approximate surface area is 96.1 Å². The standard InChI is InChI=1S/C13H16N2O/c1-10(11-7-5-4-6-8-11)15-12(16)13(2,3)9-14/h4-8,10H,1-3H3,(H,15,16). The highest BCUT2D eigenvalue weighted by Crippen LogP contribution is 2.17. The Morgan fingerprint density at radius 2 is 1.94 bits per heavy atom. The van der Waals surface area contributed by atoms with Gasteiger partial charge in [0.25, 0.3) is 0 Å². The second kappa shape index (κ2) is 4.80. The third-order valence-electron chi connectivity index (χ3n) is 2.49. The van der Waals surface area contributed by atoms with Gasteiger partial charge in [-0.15, -0.1) is 0 Å². The molecule has 1 aromatic carbocycles. The first-order chi connectivity index (χ1) is 7.47. The molecular formula is C13H16N2O. The van der Waals surface area contributed by atoms with Crippen LogP contribution in [-0.4, -0.2) is 5.91 Å². The Bertz CT molecular complexity index is 404. The van der Waals surface area contributed by atoms with E-state index in [1.54, 1.807) is 13.8 Å². The lowest BCUT2D eigenvalue weighted by Gasteiger charge is -2.20. The highest BCUT2D eigenvalue weighted by Gasteiger charge is 2.28. The Hall–Kier alpha value is -1.82. The third-order valence-corrected chi connectivity index (χ3v) is 2.49. The number of nitriles is 1. The molecule has 0 radical (unpaired) electrons. The first kappa shape index (κ1) is 12.3. The molecule has 16 heavy (non-hydrogen) atoms. The van der Waals surface area contributed by atoms with Gasteiger partial charge in [-0.2, -0.15) is 5.26 Å². The van der Waals surface area contributed by atoms with Gasteiger partial charge in [0.2, 0.25) is 5.91 Å². The molecule has 0 heterocycles. The maximum Gasteiger partial charge on any atom is 0.240 e. The normalized spacial score (nSPS) is 12.6. The van der Waals surface area contributed by atoms with E-state index in [9.17, 15) is 4.79 Å². The molecule has 0 aliphatic rings. The Morgan fingerprint density at radius 1 is 1.38 bits per heavy atom. The molecular weight excluding hydrogens is 200 g/mol. The molecule has 3 nitrogen and oxygen atoms in total. The topological polar surface area (TPSA) is 52.9 Å². The molecule has 0 aromatic heterocycles. The van der Waals surface area contributed by atoms with Gasteiger partial charge in [0.15, 0.2) is 0 Å². The number of benzene rings is 1. The average Bonchev–Trinajstić information content (AvgIpc) is 2.30. The van der Waals surface area contributed by atoms with Crippen molar-refractivity contribution in [2.24, 2.45) is 5.41 Å². The second-order valence-electron chi connectivity index (χ2n) is 4.34. The maximum atomic E-state index is 11.7. The number of carbonyl (C=O) groups is 1. The molecule has 0 saturated heterocycles. The molecule has 0 spiro atoms. The Kier molecular flexibility index (Phi) is 3.68. The van der Waals surface area contributed by atoms with Gasteiger partial charge in [0, 0.05) is 0 Å². The SMILES string of the molecule is CC(NC(=O)C(C)(C)C#N)c1ccccc1. The minimum absolute atomic E-state index is 0.0821. The fourth-order valence-electron chi connectivity index (χ4n) is 1.25. The number of carbonyl (C=O) groups excluding carboxylic acids is 1. The van der Waals surface area contributed by atoms with Crippen molar-refractivity contribution in [2.45, 2.75) is 26.8 Å². The van der Waals surface area contributed by atoms with E-state index in [0.717, 1.165) is 5.56 Å². The van der Waals surface area contributed by atoms with Crippen molar-refractivity contribution in [3.05, 3.63) is 35.9 Å². The van der Waals surface area contributed by atoms with Gasteiger partial charge in [-0.25, -0.2) is 0 Å². The van der Waals surface area contributed by atoms with Crippen LogP contribution in [0.5, 0.6) is 0 Å². The van der Waals surface area contributed by atoms with E-state index < -0.39 is 5.41 Å². The summed E-state index contributed by atoms with van der Waals surface area (Å²) in [6, 6.07) is 11.6. The molecule has 0 bridgehead atoms. The van der Waals surface area contributed by atoms with Gasteiger partial charge in [-0.05, 0) is 26.3 Å². The van der Waals surface area contributed by atoms with Crippen LogP contribution in [0.25, 0.3) is 0 Å². The summed E-state index contributed by atoms with van der Waals surface area (Å²) < 4.78 is 0. The highest BCUT2D eigenvalue weighted by molar-refractivity contribution is 5.84. The third kappa shape index (κ3) is 2.83.